The Labute approximate surface area is 137 Å². The molecule has 3 heteroatoms. The number of ether oxygens (including phenoxy) is 1. The van der Waals surface area contributed by atoms with Gasteiger partial charge in [-0.15, -0.1) is 0 Å². The van der Waals surface area contributed by atoms with Gasteiger partial charge in [0.1, 0.15) is 0 Å². The van der Waals surface area contributed by atoms with Crippen LogP contribution < -0.4 is 5.32 Å². The van der Waals surface area contributed by atoms with Gasteiger partial charge in [0.15, 0.2) is 0 Å². The van der Waals surface area contributed by atoms with E-state index in [1.54, 1.807) is 0 Å². The molecule has 22 heavy (non-hydrogen) atoms. The van der Waals surface area contributed by atoms with Crippen molar-refractivity contribution in [2.75, 3.05) is 39.8 Å². The van der Waals surface area contributed by atoms with Gasteiger partial charge in [-0.1, -0.05) is 25.7 Å². The third kappa shape index (κ3) is 5.57. The van der Waals surface area contributed by atoms with E-state index in [9.17, 15) is 0 Å². The van der Waals surface area contributed by atoms with E-state index in [0.717, 1.165) is 19.7 Å². The Morgan fingerprint density at radius 3 is 2.45 bits per heavy atom. The van der Waals surface area contributed by atoms with Crippen molar-refractivity contribution in [3.05, 3.63) is 0 Å². The zero-order valence-corrected chi connectivity index (χ0v) is 14.8. The molecule has 0 radical (unpaired) electrons. The number of rotatable bonds is 5. The SMILES string of the molecule is CNCCOC1CCC2(CC1)CCN(CC#CC(C)C)CC2. The summed E-state index contributed by atoms with van der Waals surface area (Å²) in [6.45, 7) is 9.58. The average Bonchev–Trinajstić information content (AvgIpc) is 2.52. The number of hydrogen-bond acceptors (Lipinski definition) is 3. The monoisotopic (exact) mass is 306 g/mol. The fourth-order valence-electron chi connectivity index (χ4n) is 3.75. The molecule has 2 rings (SSSR count). The van der Waals surface area contributed by atoms with Crippen LogP contribution in [0.3, 0.4) is 0 Å². The van der Waals surface area contributed by atoms with Crippen LogP contribution in [0, 0.1) is 23.2 Å². The topological polar surface area (TPSA) is 24.5 Å². The minimum atomic E-state index is 0.495. The lowest BCUT2D eigenvalue weighted by molar-refractivity contribution is -0.0206. The van der Waals surface area contributed by atoms with Crippen LogP contribution in [0.25, 0.3) is 0 Å². The predicted octanol–water partition coefficient (Wildman–Crippen LogP) is 2.91. The summed E-state index contributed by atoms with van der Waals surface area (Å²) in [4.78, 5) is 2.54. The van der Waals surface area contributed by atoms with E-state index in [4.69, 9.17) is 4.74 Å². The highest BCUT2D eigenvalue weighted by Gasteiger charge is 2.37. The lowest BCUT2D eigenvalue weighted by Gasteiger charge is -2.45. The van der Waals surface area contributed by atoms with Crippen molar-refractivity contribution in [2.45, 2.75) is 58.5 Å². The van der Waals surface area contributed by atoms with Crippen molar-refractivity contribution in [1.82, 2.24) is 10.2 Å². The third-order valence-electron chi connectivity index (χ3n) is 5.31. The number of likely N-dealkylation sites (N-methyl/N-ethyl adjacent to an activating group) is 1. The summed E-state index contributed by atoms with van der Waals surface area (Å²) in [5, 5.41) is 3.15. The van der Waals surface area contributed by atoms with E-state index < -0.39 is 0 Å². The van der Waals surface area contributed by atoms with Crippen molar-refractivity contribution in [1.29, 1.82) is 0 Å². The molecule has 2 aliphatic rings. The second kappa shape index (κ2) is 8.91. The molecule has 0 aromatic carbocycles. The number of nitrogens with zero attached hydrogens (tertiary/aromatic N) is 1. The lowest BCUT2D eigenvalue weighted by atomic mass is 9.67. The minimum Gasteiger partial charge on any atom is -0.377 e. The summed E-state index contributed by atoms with van der Waals surface area (Å²) in [5.74, 6) is 7.11. The first-order valence-electron chi connectivity index (χ1n) is 9.10. The largest absolute Gasteiger partial charge is 0.377 e. The van der Waals surface area contributed by atoms with E-state index in [0.29, 0.717) is 17.4 Å². The Morgan fingerprint density at radius 1 is 1.18 bits per heavy atom. The minimum absolute atomic E-state index is 0.495. The second-order valence-electron chi connectivity index (χ2n) is 7.43. The van der Waals surface area contributed by atoms with Crippen LogP contribution in [-0.4, -0.2) is 50.8 Å². The molecule has 3 nitrogen and oxygen atoms in total. The number of likely N-dealkylation sites (tertiary alicyclic amines) is 1. The number of hydrogen-bond donors (Lipinski definition) is 1. The standard InChI is InChI=1S/C19H34N2O/c1-17(2)5-4-13-21-14-10-19(11-15-21)8-6-18(7-9-19)22-16-12-20-3/h17-18,20H,6-16H2,1-3H3. The summed E-state index contributed by atoms with van der Waals surface area (Å²) >= 11 is 0. The summed E-state index contributed by atoms with van der Waals surface area (Å²) in [5.41, 5.74) is 0.616. The van der Waals surface area contributed by atoms with E-state index in [1.165, 1.54) is 51.6 Å². The van der Waals surface area contributed by atoms with Crippen molar-refractivity contribution >= 4 is 0 Å². The van der Waals surface area contributed by atoms with Crippen molar-refractivity contribution in [2.24, 2.45) is 11.3 Å². The summed E-state index contributed by atoms with van der Waals surface area (Å²) in [6, 6.07) is 0. The van der Waals surface area contributed by atoms with Crippen molar-refractivity contribution in [3.8, 4) is 11.8 Å². The van der Waals surface area contributed by atoms with Gasteiger partial charge in [-0.05, 0) is 64.1 Å². The normalized spacial score (nSPS) is 22.7. The Hall–Kier alpha value is -0.560. The molecule has 1 N–H and O–H groups in total. The first-order chi connectivity index (χ1) is 10.6. The van der Waals surface area contributed by atoms with Gasteiger partial charge in [-0.25, -0.2) is 0 Å². The highest BCUT2D eigenvalue weighted by Crippen LogP contribution is 2.45. The molecule has 2 fully saturated rings. The Balaban J connectivity index is 1.68. The molecule has 0 amide bonds. The van der Waals surface area contributed by atoms with Crippen LogP contribution in [0.1, 0.15) is 52.4 Å². The fourth-order valence-corrected chi connectivity index (χ4v) is 3.75. The molecule has 0 unspecified atom stereocenters. The van der Waals surface area contributed by atoms with E-state index >= 15 is 0 Å². The molecule has 126 valence electrons. The quantitative estimate of drug-likeness (QED) is 0.624. The first-order valence-corrected chi connectivity index (χ1v) is 9.10. The predicted molar refractivity (Wildman–Crippen MR) is 92.9 cm³/mol. The van der Waals surface area contributed by atoms with Gasteiger partial charge in [0.25, 0.3) is 0 Å². The van der Waals surface area contributed by atoms with E-state index in [2.05, 4.69) is 35.9 Å². The second-order valence-corrected chi connectivity index (χ2v) is 7.43. The van der Waals surface area contributed by atoms with Gasteiger partial charge < -0.3 is 10.1 Å². The molecule has 1 aliphatic carbocycles. The number of nitrogens with one attached hydrogen (secondary N) is 1. The maximum Gasteiger partial charge on any atom is 0.0601 e. The van der Waals surface area contributed by atoms with Crippen LogP contribution in [0.15, 0.2) is 0 Å². The van der Waals surface area contributed by atoms with Crippen LogP contribution in [-0.2, 0) is 4.74 Å². The highest BCUT2D eigenvalue weighted by atomic mass is 16.5. The Bertz CT molecular complexity index is 365. The van der Waals surface area contributed by atoms with Crippen LogP contribution in [0.5, 0.6) is 0 Å². The molecule has 1 saturated heterocycles. The lowest BCUT2D eigenvalue weighted by Crippen LogP contribution is -2.43. The first kappa shape index (κ1) is 17.8. The van der Waals surface area contributed by atoms with Crippen molar-refractivity contribution in [3.63, 3.8) is 0 Å². The maximum atomic E-state index is 5.96. The van der Waals surface area contributed by atoms with Gasteiger partial charge in [0.05, 0.1) is 19.3 Å². The molecular weight excluding hydrogens is 272 g/mol. The van der Waals surface area contributed by atoms with Crippen LogP contribution >= 0.6 is 0 Å². The average molecular weight is 306 g/mol. The zero-order chi connectivity index (χ0) is 15.8. The third-order valence-corrected chi connectivity index (χ3v) is 5.31. The fraction of sp³-hybridized carbons (Fsp3) is 0.895. The maximum absolute atomic E-state index is 5.96. The van der Waals surface area contributed by atoms with Crippen LogP contribution in [0.2, 0.25) is 0 Å². The molecule has 0 aromatic rings. The van der Waals surface area contributed by atoms with E-state index in [-0.39, 0.29) is 0 Å². The summed E-state index contributed by atoms with van der Waals surface area (Å²) in [7, 11) is 1.98. The zero-order valence-electron chi connectivity index (χ0n) is 14.8. The van der Waals surface area contributed by atoms with Gasteiger partial charge in [-0.3, -0.25) is 4.90 Å². The molecule has 1 aliphatic heterocycles. The molecule has 1 saturated carbocycles. The van der Waals surface area contributed by atoms with Crippen LogP contribution in [0.4, 0.5) is 0 Å². The molecule has 0 aromatic heterocycles. The molecular formula is C19H34N2O. The smallest absolute Gasteiger partial charge is 0.0601 e. The van der Waals surface area contributed by atoms with Crippen molar-refractivity contribution < 1.29 is 4.74 Å². The summed E-state index contributed by atoms with van der Waals surface area (Å²) < 4.78 is 5.96. The summed E-state index contributed by atoms with van der Waals surface area (Å²) in [6.07, 6.45) is 8.48. The molecule has 0 atom stereocenters. The number of piperidine rings is 1. The van der Waals surface area contributed by atoms with Gasteiger partial charge >= 0.3 is 0 Å². The van der Waals surface area contributed by atoms with Gasteiger partial charge in [0, 0.05) is 12.5 Å². The van der Waals surface area contributed by atoms with Gasteiger partial charge in [0.2, 0.25) is 0 Å². The molecule has 1 heterocycles. The van der Waals surface area contributed by atoms with E-state index in [1.807, 2.05) is 7.05 Å². The molecule has 1 spiro atoms. The highest BCUT2D eigenvalue weighted by molar-refractivity contribution is 5.04. The Kier molecular flexibility index (Phi) is 7.21. The Morgan fingerprint density at radius 2 is 1.86 bits per heavy atom. The molecule has 0 bridgehead atoms. The van der Waals surface area contributed by atoms with Gasteiger partial charge in [-0.2, -0.15) is 0 Å².